The Hall–Kier alpha value is -0.790. The molecule has 1 aromatic rings. The number of nitrogens with zero attached hydrogens (tertiary/aromatic N) is 2. The summed E-state index contributed by atoms with van der Waals surface area (Å²) in [6.07, 6.45) is 0. The summed E-state index contributed by atoms with van der Waals surface area (Å²) in [5.41, 5.74) is 2.68. The Morgan fingerprint density at radius 1 is 1.17 bits per heavy atom. The minimum atomic E-state index is 0.195. The van der Waals surface area contributed by atoms with Gasteiger partial charge in [0, 0.05) is 18.2 Å². The molecule has 0 aliphatic carbocycles. The quantitative estimate of drug-likeness (QED) is 0.578. The zero-order valence-electron chi connectivity index (χ0n) is 8.89. The van der Waals surface area contributed by atoms with Crippen LogP contribution in [-0.2, 0) is 12.5 Å². The van der Waals surface area contributed by atoms with Crippen molar-refractivity contribution in [3.05, 3.63) is 17.2 Å². The number of hydrogen-bond donors (Lipinski definition) is 0. The largest absolute Gasteiger partial charge is 0.335 e. The molecule has 1 heterocycles. The predicted molar refractivity (Wildman–Crippen MR) is 51.4 cm³/mol. The fourth-order valence-corrected chi connectivity index (χ4v) is 1.82. The molecule has 0 saturated carbocycles. The second-order valence-corrected chi connectivity index (χ2v) is 4.40. The molecule has 0 bridgehead atoms. The van der Waals surface area contributed by atoms with Gasteiger partial charge in [-0.3, -0.25) is 0 Å². The zero-order valence-corrected chi connectivity index (χ0v) is 8.89. The molecule has 1 rings (SSSR count). The molecule has 0 saturated heterocycles. The van der Waals surface area contributed by atoms with Gasteiger partial charge >= 0.3 is 0 Å². The van der Waals surface area contributed by atoms with Crippen molar-refractivity contribution in [2.24, 2.45) is 7.05 Å². The summed E-state index contributed by atoms with van der Waals surface area (Å²) in [6, 6.07) is 0. The van der Waals surface area contributed by atoms with Crippen LogP contribution in [0.4, 0.5) is 0 Å². The molecule has 0 atom stereocenters. The minimum absolute atomic E-state index is 0.195. The molecule has 68 valence electrons. The smallest absolute Gasteiger partial charge is 0.105 e. The number of imidazole rings is 1. The minimum Gasteiger partial charge on any atom is -0.335 e. The van der Waals surface area contributed by atoms with Crippen LogP contribution in [0.1, 0.15) is 38.0 Å². The van der Waals surface area contributed by atoms with Crippen LogP contribution in [0.25, 0.3) is 0 Å². The van der Waals surface area contributed by atoms with E-state index in [9.17, 15) is 0 Å². The maximum Gasteiger partial charge on any atom is 0.105 e. The van der Waals surface area contributed by atoms with E-state index in [4.69, 9.17) is 0 Å². The van der Waals surface area contributed by atoms with Gasteiger partial charge in [0.25, 0.3) is 0 Å². The van der Waals surface area contributed by atoms with Gasteiger partial charge in [0.15, 0.2) is 0 Å². The summed E-state index contributed by atoms with van der Waals surface area (Å²) in [5, 5.41) is 0. The first-order chi connectivity index (χ1) is 5.34. The Labute approximate surface area is 74.6 Å². The SMILES string of the molecule is Cc1nc(C)n(C)c1C(C)(C)C. The van der Waals surface area contributed by atoms with E-state index in [1.54, 1.807) is 0 Å². The van der Waals surface area contributed by atoms with Crippen molar-refractivity contribution in [1.29, 1.82) is 0 Å². The average Bonchev–Trinajstić information content (AvgIpc) is 2.05. The Bertz CT molecular complexity index is 290. The number of aromatic nitrogens is 2. The Morgan fingerprint density at radius 2 is 1.67 bits per heavy atom. The van der Waals surface area contributed by atoms with E-state index in [0.717, 1.165) is 11.5 Å². The highest BCUT2D eigenvalue weighted by Gasteiger charge is 2.21. The highest BCUT2D eigenvalue weighted by molar-refractivity contribution is 5.22. The maximum absolute atomic E-state index is 4.44. The van der Waals surface area contributed by atoms with Crippen LogP contribution in [0, 0.1) is 13.8 Å². The molecule has 0 aromatic carbocycles. The van der Waals surface area contributed by atoms with Crippen LogP contribution in [0.3, 0.4) is 0 Å². The number of hydrogen-bond acceptors (Lipinski definition) is 1. The third kappa shape index (κ3) is 1.38. The third-order valence-electron chi connectivity index (χ3n) is 2.20. The Balaban J connectivity index is 3.32. The molecule has 0 radical (unpaired) electrons. The zero-order chi connectivity index (χ0) is 9.52. The van der Waals surface area contributed by atoms with Crippen molar-refractivity contribution < 1.29 is 0 Å². The van der Waals surface area contributed by atoms with Crippen molar-refractivity contribution in [2.75, 3.05) is 0 Å². The standard InChI is InChI=1S/C10H18N2/c1-7-9(10(3,4)5)12(6)8(2)11-7/h1-6H3. The van der Waals surface area contributed by atoms with Gasteiger partial charge in [0.05, 0.1) is 5.69 Å². The lowest BCUT2D eigenvalue weighted by molar-refractivity contribution is 0.536. The summed E-state index contributed by atoms with van der Waals surface area (Å²) in [6.45, 7) is 10.8. The van der Waals surface area contributed by atoms with Gasteiger partial charge in [-0.05, 0) is 13.8 Å². The van der Waals surface area contributed by atoms with E-state index in [0.29, 0.717) is 0 Å². The molecule has 1 aromatic heterocycles. The Kier molecular flexibility index (Phi) is 2.02. The Morgan fingerprint density at radius 3 is 1.83 bits per heavy atom. The molecule has 0 N–H and O–H groups in total. The fourth-order valence-electron chi connectivity index (χ4n) is 1.82. The molecule has 2 nitrogen and oxygen atoms in total. The first-order valence-corrected chi connectivity index (χ1v) is 4.34. The van der Waals surface area contributed by atoms with Crippen LogP contribution in [0.15, 0.2) is 0 Å². The third-order valence-corrected chi connectivity index (χ3v) is 2.20. The van der Waals surface area contributed by atoms with Gasteiger partial charge in [0.1, 0.15) is 5.82 Å². The van der Waals surface area contributed by atoms with E-state index in [1.165, 1.54) is 5.69 Å². The molecular formula is C10H18N2. The van der Waals surface area contributed by atoms with Crippen molar-refractivity contribution in [2.45, 2.75) is 40.0 Å². The van der Waals surface area contributed by atoms with Crippen LogP contribution < -0.4 is 0 Å². The summed E-state index contributed by atoms with van der Waals surface area (Å²) in [7, 11) is 2.08. The van der Waals surface area contributed by atoms with Crippen molar-refractivity contribution in [1.82, 2.24) is 9.55 Å². The van der Waals surface area contributed by atoms with Crippen LogP contribution >= 0.6 is 0 Å². The second kappa shape index (κ2) is 2.61. The van der Waals surface area contributed by atoms with E-state index < -0.39 is 0 Å². The van der Waals surface area contributed by atoms with E-state index in [-0.39, 0.29) is 5.41 Å². The molecule has 0 aliphatic heterocycles. The van der Waals surface area contributed by atoms with Crippen molar-refractivity contribution in [3.63, 3.8) is 0 Å². The summed E-state index contributed by atoms with van der Waals surface area (Å²) in [4.78, 5) is 4.44. The molecule has 0 fully saturated rings. The number of aryl methyl sites for hydroxylation is 2. The summed E-state index contributed by atoms with van der Waals surface area (Å²) in [5.74, 6) is 1.09. The maximum atomic E-state index is 4.44. The summed E-state index contributed by atoms with van der Waals surface area (Å²) < 4.78 is 2.18. The molecule has 0 aliphatic rings. The average molecular weight is 166 g/mol. The lowest BCUT2D eigenvalue weighted by atomic mass is 9.91. The molecular weight excluding hydrogens is 148 g/mol. The topological polar surface area (TPSA) is 17.8 Å². The highest BCUT2D eigenvalue weighted by atomic mass is 15.1. The normalized spacial score (nSPS) is 12.2. The van der Waals surface area contributed by atoms with Crippen molar-refractivity contribution >= 4 is 0 Å². The first-order valence-electron chi connectivity index (χ1n) is 4.34. The monoisotopic (exact) mass is 166 g/mol. The molecule has 0 amide bonds. The lowest BCUT2D eigenvalue weighted by Gasteiger charge is -2.20. The van der Waals surface area contributed by atoms with Gasteiger partial charge < -0.3 is 4.57 Å². The van der Waals surface area contributed by atoms with Crippen molar-refractivity contribution in [3.8, 4) is 0 Å². The molecule has 0 spiro atoms. The van der Waals surface area contributed by atoms with E-state index in [1.807, 2.05) is 6.92 Å². The molecule has 12 heavy (non-hydrogen) atoms. The predicted octanol–water partition coefficient (Wildman–Crippen LogP) is 2.33. The second-order valence-electron chi connectivity index (χ2n) is 4.40. The van der Waals surface area contributed by atoms with Gasteiger partial charge in [-0.1, -0.05) is 20.8 Å². The first kappa shape index (κ1) is 9.30. The van der Waals surface area contributed by atoms with Crippen LogP contribution in [0.2, 0.25) is 0 Å². The molecule has 2 heteroatoms. The number of rotatable bonds is 0. The van der Waals surface area contributed by atoms with Gasteiger partial charge in [-0.25, -0.2) is 4.98 Å². The highest BCUT2D eigenvalue weighted by Crippen LogP contribution is 2.25. The van der Waals surface area contributed by atoms with E-state index >= 15 is 0 Å². The summed E-state index contributed by atoms with van der Waals surface area (Å²) >= 11 is 0. The van der Waals surface area contributed by atoms with E-state index in [2.05, 4.69) is 44.3 Å². The molecule has 0 unspecified atom stereocenters. The van der Waals surface area contributed by atoms with Gasteiger partial charge in [-0.15, -0.1) is 0 Å². The van der Waals surface area contributed by atoms with Crippen LogP contribution in [0.5, 0.6) is 0 Å². The van der Waals surface area contributed by atoms with Gasteiger partial charge in [0.2, 0.25) is 0 Å². The lowest BCUT2D eigenvalue weighted by Crippen LogP contribution is -2.17. The van der Waals surface area contributed by atoms with Crippen LogP contribution in [-0.4, -0.2) is 9.55 Å². The van der Waals surface area contributed by atoms with Gasteiger partial charge in [-0.2, -0.15) is 0 Å². The fraction of sp³-hybridized carbons (Fsp3) is 0.700.